The normalized spacial score (nSPS) is 13.0. The van der Waals surface area contributed by atoms with Gasteiger partial charge < -0.3 is 0 Å². The lowest BCUT2D eigenvalue weighted by molar-refractivity contribution is 0.710. The molecule has 0 unspecified atom stereocenters. The van der Waals surface area contributed by atoms with Crippen molar-refractivity contribution >= 4 is 6.21 Å². The third kappa shape index (κ3) is 3.88. The van der Waals surface area contributed by atoms with Gasteiger partial charge in [-0.1, -0.05) is 6.92 Å². The minimum Gasteiger partial charge on any atom is -0.293 e. The first-order valence-corrected chi connectivity index (χ1v) is 3.14. The van der Waals surface area contributed by atoms with Crippen LogP contribution in [0.1, 0.15) is 20.3 Å². The lowest BCUT2D eigenvalue weighted by Gasteiger charge is -1.88. The predicted octanol–water partition coefficient (Wildman–Crippen LogP) is 2.34. The molecule has 0 spiro atoms. The third-order valence-corrected chi connectivity index (χ3v) is 0.988. The van der Waals surface area contributed by atoms with E-state index < -0.39 is 0 Å². The van der Waals surface area contributed by atoms with Gasteiger partial charge in [0.25, 0.3) is 0 Å². The van der Waals surface area contributed by atoms with Gasteiger partial charge in [0, 0.05) is 12.8 Å². The van der Waals surface area contributed by atoms with Crippen molar-refractivity contribution in [3.05, 3.63) is 11.9 Å². The van der Waals surface area contributed by atoms with Crippen LogP contribution in [0.4, 0.5) is 4.39 Å². The summed E-state index contributed by atoms with van der Waals surface area (Å²) < 4.78 is 11.7. The van der Waals surface area contributed by atoms with Crippen molar-refractivity contribution in [3.8, 4) is 0 Å². The standard InChI is InChI=1S/C7H12FN/c1-3-7(5-8)6-9-4-2/h5-6H,3-4H2,1-2H3/b7-5-,9-6-. The lowest BCUT2D eigenvalue weighted by Crippen LogP contribution is -1.81. The first-order valence-electron chi connectivity index (χ1n) is 3.14. The molecule has 0 bridgehead atoms. The Morgan fingerprint density at radius 1 is 1.56 bits per heavy atom. The summed E-state index contributed by atoms with van der Waals surface area (Å²) in [4.78, 5) is 3.88. The van der Waals surface area contributed by atoms with Crippen LogP contribution in [0.15, 0.2) is 16.9 Å². The van der Waals surface area contributed by atoms with Gasteiger partial charge in [0.15, 0.2) is 0 Å². The Morgan fingerprint density at radius 3 is 2.56 bits per heavy atom. The molecular formula is C7H12FN. The molecule has 0 heterocycles. The summed E-state index contributed by atoms with van der Waals surface area (Å²) in [7, 11) is 0. The molecule has 0 fully saturated rings. The molecule has 0 radical (unpaired) electrons. The van der Waals surface area contributed by atoms with Gasteiger partial charge in [-0.05, 0) is 18.9 Å². The average molecular weight is 129 g/mol. The van der Waals surface area contributed by atoms with E-state index in [0.717, 1.165) is 6.54 Å². The molecule has 0 aliphatic heterocycles. The number of halogens is 1. The molecule has 0 aromatic rings. The van der Waals surface area contributed by atoms with Crippen molar-refractivity contribution < 1.29 is 4.39 Å². The first-order chi connectivity index (χ1) is 4.35. The average Bonchev–Trinajstić information content (AvgIpc) is 1.91. The van der Waals surface area contributed by atoms with Crippen molar-refractivity contribution in [3.63, 3.8) is 0 Å². The molecule has 2 heteroatoms. The summed E-state index contributed by atoms with van der Waals surface area (Å²) in [6.07, 6.45) is 2.87. The van der Waals surface area contributed by atoms with Gasteiger partial charge in [0.2, 0.25) is 0 Å². The van der Waals surface area contributed by atoms with E-state index in [1.54, 1.807) is 6.21 Å². The van der Waals surface area contributed by atoms with Crippen LogP contribution in [0.5, 0.6) is 0 Å². The number of hydrogen-bond acceptors (Lipinski definition) is 1. The van der Waals surface area contributed by atoms with Crippen LogP contribution in [0.3, 0.4) is 0 Å². The topological polar surface area (TPSA) is 12.4 Å². The predicted molar refractivity (Wildman–Crippen MR) is 38.5 cm³/mol. The van der Waals surface area contributed by atoms with Crippen LogP contribution < -0.4 is 0 Å². The van der Waals surface area contributed by atoms with E-state index in [9.17, 15) is 4.39 Å². The quantitative estimate of drug-likeness (QED) is 0.518. The van der Waals surface area contributed by atoms with E-state index in [4.69, 9.17) is 0 Å². The molecule has 0 aliphatic carbocycles. The molecule has 0 saturated heterocycles. The number of nitrogens with zero attached hydrogens (tertiary/aromatic N) is 1. The second-order valence-corrected chi connectivity index (χ2v) is 1.67. The lowest BCUT2D eigenvalue weighted by atomic mass is 10.2. The molecule has 0 atom stereocenters. The Hall–Kier alpha value is -0.660. The smallest absolute Gasteiger partial charge is 0.0913 e. The largest absolute Gasteiger partial charge is 0.293 e. The van der Waals surface area contributed by atoms with Crippen molar-refractivity contribution in [1.29, 1.82) is 0 Å². The molecule has 0 aromatic carbocycles. The SMILES string of the molecule is CC/N=C\C(=C/F)CC. The fourth-order valence-electron chi connectivity index (χ4n) is 0.405. The van der Waals surface area contributed by atoms with Crippen molar-refractivity contribution in [2.75, 3.05) is 6.54 Å². The molecule has 0 aliphatic rings. The van der Waals surface area contributed by atoms with E-state index in [-0.39, 0.29) is 0 Å². The molecule has 52 valence electrons. The van der Waals surface area contributed by atoms with Gasteiger partial charge in [0.05, 0.1) is 6.33 Å². The van der Waals surface area contributed by atoms with E-state index in [0.29, 0.717) is 18.3 Å². The molecule has 1 nitrogen and oxygen atoms in total. The molecule has 0 aromatic heterocycles. The highest BCUT2D eigenvalue weighted by Crippen LogP contribution is 1.95. The number of aliphatic imine (C=N–C) groups is 1. The van der Waals surface area contributed by atoms with Gasteiger partial charge in [-0.25, -0.2) is 4.39 Å². The highest BCUT2D eigenvalue weighted by atomic mass is 19.1. The minimum atomic E-state index is 0.596. The summed E-state index contributed by atoms with van der Waals surface area (Å²) in [6.45, 7) is 4.53. The van der Waals surface area contributed by atoms with Crippen LogP contribution in [-0.2, 0) is 0 Å². The molecular weight excluding hydrogens is 117 g/mol. The summed E-state index contributed by atoms with van der Waals surface area (Å²) in [5, 5.41) is 0. The summed E-state index contributed by atoms with van der Waals surface area (Å²) >= 11 is 0. The highest BCUT2D eigenvalue weighted by molar-refractivity contribution is 5.77. The van der Waals surface area contributed by atoms with Crippen molar-refractivity contribution in [2.24, 2.45) is 4.99 Å². The van der Waals surface area contributed by atoms with E-state index in [1.165, 1.54) is 0 Å². The maximum Gasteiger partial charge on any atom is 0.0913 e. The summed E-state index contributed by atoms with van der Waals surface area (Å²) in [5.41, 5.74) is 0.650. The first kappa shape index (κ1) is 8.34. The van der Waals surface area contributed by atoms with Gasteiger partial charge in [0.1, 0.15) is 0 Å². The van der Waals surface area contributed by atoms with Crippen LogP contribution in [0.25, 0.3) is 0 Å². The minimum absolute atomic E-state index is 0.596. The van der Waals surface area contributed by atoms with Gasteiger partial charge in [-0.15, -0.1) is 0 Å². The Kier molecular flexibility index (Phi) is 5.07. The Labute approximate surface area is 55.3 Å². The molecule has 9 heavy (non-hydrogen) atoms. The molecule has 0 saturated carbocycles. The Bertz CT molecular complexity index is 116. The second kappa shape index (κ2) is 5.48. The third-order valence-electron chi connectivity index (χ3n) is 0.988. The van der Waals surface area contributed by atoms with Crippen molar-refractivity contribution in [1.82, 2.24) is 0 Å². The van der Waals surface area contributed by atoms with Gasteiger partial charge in [-0.3, -0.25) is 4.99 Å². The molecule has 0 rings (SSSR count). The van der Waals surface area contributed by atoms with Crippen LogP contribution in [0.2, 0.25) is 0 Å². The van der Waals surface area contributed by atoms with Crippen LogP contribution in [0, 0.1) is 0 Å². The van der Waals surface area contributed by atoms with Crippen LogP contribution in [-0.4, -0.2) is 12.8 Å². The second-order valence-electron chi connectivity index (χ2n) is 1.67. The van der Waals surface area contributed by atoms with Crippen molar-refractivity contribution in [2.45, 2.75) is 20.3 Å². The van der Waals surface area contributed by atoms with Gasteiger partial charge in [-0.2, -0.15) is 0 Å². The monoisotopic (exact) mass is 129 g/mol. The fourth-order valence-corrected chi connectivity index (χ4v) is 0.405. The molecule has 0 N–H and O–H groups in total. The Balaban J connectivity index is 3.70. The maximum absolute atomic E-state index is 11.7. The number of allylic oxidation sites excluding steroid dienone is 1. The summed E-state index contributed by atoms with van der Waals surface area (Å²) in [5.74, 6) is 0. The summed E-state index contributed by atoms with van der Waals surface area (Å²) in [6, 6.07) is 0. The Morgan fingerprint density at radius 2 is 2.22 bits per heavy atom. The zero-order chi connectivity index (χ0) is 7.11. The number of rotatable bonds is 3. The van der Waals surface area contributed by atoms with E-state index >= 15 is 0 Å². The fraction of sp³-hybridized carbons (Fsp3) is 0.571. The van der Waals surface area contributed by atoms with E-state index in [1.807, 2.05) is 13.8 Å². The van der Waals surface area contributed by atoms with E-state index in [2.05, 4.69) is 4.99 Å². The highest BCUT2D eigenvalue weighted by Gasteiger charge is 1.84. The maximum atomic E-state index is 11.7. The molecule has 0 amide bonds. The van der Waals surface area contributed by atoms with Crippen LogP contribution >= 0.6 is 0 Å². The zero-order valence-corrected chi connectivity index (χ0v) is 5.89. The number of hydrogen-bond donors (Lipinski definition) is 0. The van der Waals surface area contributed by atoms with Gasteiger partial charge >= 0.3 is 0 Å². The zero-order valence-electron chi connectivity index (χ0n) is 5.89.